The van der Waals surface area contributed by atoms with E-state index in [9.17, 15) is 15.6 Å². The van der Waals surface area contributed by atoms with Gasteiger partial charge in [-0.2, -0.15) is 10.5 Å². The first-order chi connectivity index (χ1) is 12.8. The lowest BCUT2D eigenvalue weighted by Crippen LogP contribution is -2.03. The molecule has 3 rings (SSSR count). The Morgan fingerprint density at radius 1 is 1.26 bits per heavy atom. The number of hydrogen-bond acceptors (Lipinski definition) is 6. The van der Waals surface area contributed by atoms with Crippen molar-refractivity contribution in [2.75, 3.05) is 12.8 Å². The lowest BCUT2D eigenvalue weighted by atomic mass is 9.95. The van der Waals surface area contributed by atoms with Gasteiger partial charge in [-0.05, 0) is 54.3 Å². The average molecular weight is 423 g/mol. The number of rotatable bonds is 2. The van der Waals surface area contributed by atoms with Gasteiger partial charge in [0.25, 0.3) is 0 Å². The Bertz CT molecular complexity index is 1130. The molecule has 0 saturated heterocycles. The number of nitriles is 2. The molecule has 0 saturated carbocycles. The first kappa shape index (κ1) is 18.5. The number of nitrogen functional groups attached to an aromatic ring is 1. The van der Waals surface area contributed by atoms with Crippen LogP contribution in [0.1, 0.15) is 34.9 Å². The fraction of sp³-hybridized carbons (Fsp3) is 0.150. The van der Waals surface area contributed by atoms with Gasteiger partial charge in [0, 0.05) is 10.0 Å². The van der Waals surface area contributed by atoms with Crippen LogP contribution >= 0.6 is 15.9 Å². The Morgan fingerprint density at radius 3 is 2.56 bits per heavy atom. The second-order valence-electron chi connectivity index (χ2n) is 6.05. The normalized spacial score (nSPS) is 14.1. The third-order valence-corrected chi connectivity index (χ3v) is 5.27. The van der Waals surface area contributed by atoms with Gasteiger partial charge in [0.15, 0.2) is 11.5 Å². The zero-order valence-corrected chi connectivity index (χ0v) is 16.5. The number of hydrogen-bond donors (Lipinski definition) is 2. The Balaban J connectivity index is 2.34. The van der Waals surface area contributed by atoms with Gasteiger partial charge in [-0.25, -0.2) is 4.98 Å². The number of nitrogens with zero attached hydrogens (tertiary/aromatic N) is 3. The fourth-order valence-electron chi connectivity index (χ4n) is 3.18. The predicted molar refractivity (Wildman–Crippen MR) is 107 cm³/mol. The van der Waals surface area contributed by atoms with Gasteiger partial charge in [0.2, 0.25) is 0 Å². The van der Waals surface area contributed by atoms with E-state index in [1.54, 1.807) is 19.1 Å². The lowest BCUT2D eigenvalue weighted by molar-refractivity contribution is 0.373. The quantitative estimate of drug-likeness (QED) is 0.749. The molecule has 0 bridgehead atoms. The van der Waals surface area contributed by atoms with Crippen LogP contribution in [0.4, 0.5) is 5.82 Å². The van der Waals surface area contributed by atoms with Crippen molar-refractivity contribution in [2.45, 2.75) is 13.8 Å². The first-order valence-electron chi connectivity index (χ1n) is 7.94. The summed E-state index contributed by atoms with van der Waals surface area (Å²) in [6, 6.07) is 7.50. The monoisotopic (exact) mass is 422 g/mol. The highest BCUT2D eigenvalue weighted by Gasteiger charge is 2.29. The van der Waals surface area contributed by atoms with E-state index in [1.807, 2.05) is 13.0 Å². The van der Waals surface area contributed by atoms with Crippen LogP contribution in [0, 0.1) is 29.6 Å². The number of anilines is 1. The molecule has 6 nitrogen and oxygen atoms in total. The number of fused-ring (bicyclic) bond motifs is 1. The molecule has 0 aliphatic heterocycles. The minimum atomic E-state index is 0.0145. The zero-order valence-electron chi connectivity index (χ0n) is 14.9. The summed E-state index contributed by atoms with van der Waals surface area (Å²) < 4.78 is 5.84. The lowest BCUT2D eigenvalue weighted by Gasteiger charge is -2.12. The van der Waals surface area contributed by atoms with E-state index in [0.29, 0.717) is 38.2 Å². The van der Waals surface area contributed by atoms with Crippen LogP contribution in [-0.2, 0) is 0 Å². The molecule has 1 aromatic carbocycles. The Hall–Kier alpha value is -3.29. The van der Waals surface area contributed by atoms with Crippen LogP contribution in [0.3, 0.4) is 0 Å². The molecule has 0 amide bonds. The number of aromatic hydroxyl groups is 1. The highest BCUT2D eigenvalue weighted by Crippen LogP contribution is 2.45. The SMILES string of the molecule is COc1cc(/C=C2/C(C)=C(C#N)c3nc(N)c(C#N)c(C)c32)c(Br)cc1O. The van der Waals surface area contributed by atoms with Crippen molar-refractivity contribution in [1.29, 1.82) is 10.5 Å². The van der Waals surface area contributed by atoms with Gasteiger partial charge < -0.3 is 15.6 Å². The van der Waals surface area contributed by atoms with E-state index < -0.39 is 0 Å². The van der Waals surface area contributed by atoms with Crippen molar-refractivity contribution in [3.63, 3.8) is 0 Å². The van der Waals surface area contributed by atoms with E-state index >= 15 is 0 Å². The highest BCUT2D eigenvalue weighted by atomic mass is 79.9. The standard InChI is InChI=1S/C20H15BrN4O2/c1-9-12(4-11-5-17(27-3)16(26)6-15(11)21)18-10(2)14(8-23)20(24)25-19(18)13(9)7-22/h4-6,26H,1-3H3,(H2,24,25)/b12-4-. The number of methoxy groups -OCH3 is 1. The second-order valence-corrected chi connectivity index (χ2v) is 6.90. The van der Waals surface area contributed by atoms with Gasteiger partial charge >= 0.3 is 0 Å². The predicted octanol–water partition coefficient (Wildman–Crippen LogP) is 4.17. The van der Waals surface area contributed by atoms with E-state index in [0.717, 1.165) is 16.7 Å². The molecule has 3 N–H and O–H groups in total. The maximum Gasteiger partial charge on any atom is 0.161 e. The van der Waals surface area contributed by atoms with Crippen LogP contribution in [0.2, 0.25) is 0 Å². The molecule has 0 unspecified atom stereocenters. The number of aromatic nitrogens is 1. The molecule has 0 atom stereocenters. The second kappa shape index (κ2) is 6.79. The van der Waals surface area contributed by atoms with Crippen molar-refractivity contribution in [2.24, 2.45) is 0 Å². The summed E-state index contributed by atoms with van der Waals surface area (Å²) in [5, 5.41) is 28.9. The molecule has 27 heavy (non-hydrogen) atoms. The number of phenols is 1. The molecular formula is C20H15BrN4O2. The third kappa shape index (κ3) is 2.83. The summed E-state index contributed by atoms with van der Waals surface area (Å²) in [4.78, 5) is 4.31. The number of phenolic OH excluding ortho intramolecular Hbond substituents is 1. The largest absolute Gasteiger partial charge is 0.504 e. The number of ether oxygens (including phenoxy) is 1. The fourth-order valence-corrected chi connectivity index (χ4v) is 3.63. The van der Waals surface area contributed by atoms with Gasteiger partial charge in [0.05, 0.1) is 23.9 Å². The molecule has 2 aromatic rings. The Labute approximate surface area is 165 Å². The van der Waals surface area contributed by atoms with Gasteiger partial charge in [-0.3, -0.25) is 0 Å². The van der Waals surface area contributed by atoms with Crippen molar-refractivity contribution in [1.82, 2.24) is 4.98 Å². The van der Waals surface area contributed by atoms with Crippen LogP contribution in [0.5, 0.6) is 11.5 Å². The topological polar surface area (TPSA) is 116 Å². The van der Waals surface area contributed by atoms with E-state index in [1.165, 1.54) is 7.11 Å². The van der Waals surface area contributed by atoms with Crippen LogP contribution in [-0.4, -0.2) is 17.2 Å². The van der Waals surface area contributed by atoms with Crippen molar-refractivity contribution < 1.29 is 9.84 Å². The van der Waals surface area contributed by atoms with Crippen molar-refractivity contribution in [3.05, 3.63) is 50.1 Å². The number of nitrogens with two attached hydrogens (primary N) is 1. The zero-order chi connectivity index (χ0) is 19.9. The Kier molecular flexibility index (Phi) is 4.65. The summed E-state index contributed by atoms with van der Waals surface area (Å²) >= 11 is 3.44. The van der Waals surface area contributed by atoms with E-state index in [4.69, 9.17) is 10.5 Å². The maximum absolute atomic E-state index is 9.92. The van der Waals surface area contributed by atoms with Crippen LogP contribution < -0.4 is 10.5 Å². The molecule has 1 aromatic heterocycles. The van der Waals surface area contributed by atoms with Gasteiger partial charge in [-0.1, -0.05) is 15.9 Å². The molecule has 0 fully saturated rings. The number of allylic oxidation sites excluding steroid dienone is 3. The summed E-state index contributed by atoms with van der Waals surface area (Å²) in [6.07, 6.45) is 1.87. The summed E-state index contributed by atoms with van der Waals surface area (Å²) in [7, 11) is 1.47. The van der Waals surface area contributed by atoms with Crippen LogP contribution in [0.15, 0.2) is 22.2 Å². The van der Waals surface area contributed by atoms with Crippen molar-refractivity contribution in [3.8, 4) is 23.6 Å². The minimum absolute atomic E-state index is 0.0145. The first-order valence-corrected chi connectivity index (χ1v) is 8.73. The average Bonchev–Trinajstić information content (AvgIpc) is 2.88. The summed E-state index contributed by atoms with van der Waals surface area (Å²) in [5.41, 5.74) is 10.8. The highest BCUT2D eigenvalue weighted by molar-refractivity contribution is 9.10. The molecule has 1 aliphatic rings. The summed E-state index contributed by atoms with van der Waals surface area (Å²) in [6.45, 7) is 3.63. The number of halogens is 1. The van der Waals surface area contributed by atoms with Crippen molar-refractivity contribution >= 4 is 39.0 Å². The minimum Gasteiger partial charge on any atom is -0.504 e. The maximum atomic E-state index is 9.92. The van der Waals surface area contributed by atoms with Gasteiger partial charge in [-0.15, -0.1) is 0 Å². The molecule has 134 valence electrons. The molecular weight excluding hydrogens is 408 g/mol. The Morgan fingerprint density at radius 2 is 1.96 bits per heavy atom. The number of benzene rings is 1. The molecule has 7 heteroatoms. The molecule has 0 spiro atoms. The van der Waals surface area contributed by atoms with Crippen LogP contribution in [0.25, 0.3) is 17.2 Å². The smallest absolute Gasteiger partial charge is 0.161 e. The van der Waals surface area contributed by atoms with E-state index in [2.05, 4.69) is 33.1 Å². The van der Waals surface area contributed by atoms with Gasteiger partial charge in [0.1, 0.15) is 18.0 Å². The number of pyridine rings is 1. The summed E-state index contributed by atoms with van der Waals surface area (Å²) in [5.74, 6) is 0.457. The third-order valence-electron chi connectivity index (χ3n) is 4.58. The molecule has 1 heterocycles. The molecule has 1 aliphatic carbocycles. The van der Waals surface area contributed by atoms with E-state index in [-0.39, 0.29) is 11.6 Å². The molecule has 0 radical (unpaired) electrons.